The Morgan fingerprint density at radius 2 is 2.05 bits per heavy atom. The second kappa shape index (κ2) is 7.66. The molecule has 0 N–H and O–H groups in total. The third-order valence-corrected chi connectivity index (χ3v) is 5.15. The van der Waals surface area contributed by atoms with Gasteiger partial charge < -0.3 is 9.47 Å². The number of methoxy groups -OCH3 is 1. The van der Waals surface area contributed by atoms with Gasteiger partial charge in [0.25, 0.3) is 0 Å². The summed E-state index contributed by atoms with van der Waals surface area (Å²) in [6.07, 6.45) is 2.79. The fourth-order valence-electron chi connectivity index (χ4n) is 2.60. The van der Waals surface area contributed by atoms with Gasteiger partial charge in [0.15, 0.2) is 0 Å². The number of ether oxygens (including phenoxy) is 2. The minimum absolute atomic E-state index is 0.00738. The van der Waals surface area contributed by atoms with Crippen LogP contribution in [0.15, 0.2) is 46.9 Å². The topological polar surface area (TPSA) is 35.5 Å². The number of benzene rings is 1. The predicted octanol–water partition coefficient (Wildman–Crippen LogP) is 3.69. The first-order chi connectivity index (χ1) is 10.2. The van der Waals surface area contributed by atoms with E-state index in [1.807, 2.05) is 25.1 Å². The van der Waals surface area contributed by atoms with Crippen molar-refractivity contribution in [2.45, 2.75) is 36.5 Å². The lowest BCUT2D eigenvalue weighted by molar-refractivity contribution is -0.149. The maximum absolute atomic E-state index is 12.3. The van der Waals surface area contributed by atoms with Crippen molar-refractivity contribution in [3.05, 3.63) is 42.0 Å². The monoisotopic (exact) mass is 306 g/mol. The number of esters is 1. The zero-order valence-electron chi connectivity index (χ0n) is 12.7. The summed E-state index contributed by atoms with van der Waals surface area (Å²) in [6.45, 7) is 4.33. The number of rotatable bonds is 5. The van der Waals surface area contributed by atoms with E-state index < -0.39 is 0 Å². The Balaban J connectivity index is 2.22. The first-order valence-corrected chi connectivity index (χ1v) is 8.13. The molecule has 3 nitrogen and oxygen atoms in total. The van der Waals surface area contributed by atoms with Crippen LogP contribution < -0.4 is 0 Å². The Morgan fingerprint density at radius 3 is 2.67 bits per heavy atom. The lowest BCUT2D eigenvalue weighted by atomic mass is 9.87. The van der Waals surface area contributed by atoms with Crippen LogP contribution in [0.1, 0.15) is 20.3 Å². The number of hydrogen-bond donors (Lipinski definition) is 0. The molecule has 0 aliphatic heterocycles. The molecule has 1 aliphatic carbocycles. The summed E-state index contributed by atoms with van der Waals surface area (Å²) in [5.41, 5.74) is 1.18. The molecule has 1 aromatic rings. The fourth-order valence-corrected chi connectivity index (χ4v) is 3.86. The molecule has 21 heavy (non-hydrogen) atoms. The summed E-state index contributed by atoms with van der Waals surface area (Å²) >= 11 is 1.72. The van der Waals surface area contributed by atoms with E-state index in [1.54, 1.807) is 18.9 Å². The predicted molar refractivity (Wildman–Crippen MR) is 85.4 cm³/mol. The molecule has 1 aliphatic rings. The molecule has 0 spiro atoms. The molecule has 0 saturated heterocycles. The van der Waals surface area contributed by atoms with E-state index in [9.17, 15) is 4.79 Å². The van der Waals surface area contributed by atoms with Gasteiger partial charge in [0.1, 0.15) is 0 Å². The smallest absolute Gasteiger partial charge is 0.310 e. The minimum atomic E-state index is -0.162. The van der Waals surface area contributed by atoms with Gasteiger partial charge in [-0.3, -0.25) is 4.79 Å². The van der Waals surface area contributed by atoms with E-state index >= 15 is 0 Å². The summed E-state index contributed by atoms with van der Waals surface area (Å²) in [7, 11) is 1.68. The lowest BCUT2D eigenvalue weighted by Gasteiger charge is -2.32. The van der Waals surface area contributed by atoms with E-state index in [1.165, 1.54) is 10.5 Å². The average Bonchev–Trinajstić information content (AvgIpc) is 2.50. The van der Waals surface area contributed by atoms with E-state index in [2.05, 4.69) is 25.1 Å². The highest BCUT2D eigenvalue weighted by Crippen LogP contribution is 2.39. The Hall–Kier alpha value is -1.26. The zero-order valence-corrected chi connectivity index (χ0v) is 13.6. The Labute approximate surface area is 130 Å². The third-order valence-electron chi connectivity index (χ3n) is 3.65. The molecule has 1 aromatic carbocycles. The maximum atomic E-state index is 12.3. The fraction of sp³-hybridized carbons (Fsp3) is 0.471. The van der Waals surface area contributed by atoms with E-state index in [4.69, 9.17) is 9.47 Å². The van der Waals surface area contributed by atoms with Gasteiger partial charge in [-0.05, 0) is 32.4 Å². The highest BCUT2D eigenvalue weighted by Gasteiger charge is 2.36. The second-order valence-electron chi connectivity index (χ2n) is 5.13. The Kier molecular flexibility index (Phi) is 5.88. The third kappa shape index (κ3) is 4.11. The molecule has 0 amide bonds. The van der Waals surface area contributed by atoms with Gasteiger partial charge in [-0.15, -0.1) is 11.8 Å². The van der Waals surface area contributed by atoms with Crippen LogP contribution in [0.3, 0.4) is 0 Å². The highest BCUT2D eigenvalue weighted by molar-refractivity contribution is 8.00. The summed E-state index contributed by atoms with van der Waals surface area (Å²) in [4.78, 5) is 13.5. The molecule has 0 aromatic heterocycles. The van der Waals surface area contributed by atoms with Crippen molar-refractivity contribution >= 4 is 17.7 Å². The van der Waals surface area contributed by atoms with Crippen LogP contribution >= 0.6 is 11.8 Å². The van der Waals surface area contributed by atoms with Crippen LogP contribution in [0.2, 0.25) is 0 Å². The van der Waals surface area contributed by atoms with Gasteiger partial charge in [-0.25, -0.2) is 0 Å². The molecule has 0 heterocycles. The minimum Gasteiger partial charge on any atom is -0.466 e. The van der Waals surface area contributed by atoms with Gasteiger partial charge in [0.05, 0.1) is 18.6 Å². The Bertz CT molecular complexity index is 498. The van der Waals surface area contributed by atoms with Crippen molar-refractivity contribution in [3.8, 4) is 0 Å². The molecule has 3 atom stereocenters. The largest absolute Gasteiger partial charge is 0.466 e. The number of carbonyl (C=O) groups excluding carboxylic acids is 1. The van der Waals surface area contributed by atoms with Crippen LogP contribution in [0.25, 0.3) is 0 Å². The average molecular weight is 306 g/mol. The standard InChI is InChI=1S/C17H22O3S/c1-4-20-17(18)15-11-13(19-3)10-12(2)16(15)21-14-8-6-5-7-9-14/h5-10,13,15-16H,4,11H2,1-3H3/t13-,15-,16+/m1/s1. The first kappa shape index (κ1) is 16.1. The molecule has 114 valence electrons. The van der Waals surface area contributed by atoms with Gasteiger partial charge in [0.2, 0.25) is 0 Å². The molecule has 0 saturated carbocycles. The molecule has 0 fully saturated rings. The molecular formula is C17H22O3S. The SMILES string of the molecule is CCOC(=O)[C@@H]1C[C@H](OC)C=C(C)[C@@H]1Sc1ccccc1. The van der Waals surface area contributed by atoms with Crippen molar-refractivity contribution in [2.75, 3.05) is 13.7 Å². The summed E-state index contributed by atoms with van der Waals surface area (Å²) in [5, 5.41) is 0.109. The molecule has 2 rings (SSSR count). The number of thioether (sulfide) groups is 1. The van der Waals surface area contributed by atoms with E-state index in [0.717, 1.165) is 0 Å². The van der Waals surface area contributed by atoms with Crippen molar-refractivity contribution < 1.29 is 14.3 Å². The van der Waals surface area contributed by atoms with Gasteiger partial charge >= 0.3 is 5.97 Å². The molecule has 0 bridgehead atoms. The van der Waals surface area contributed by atoms with E-state index in [0.29, 0.717) is 13.0 Å². The van der Waals surface area contributed by atoms with Crippen LogP contribution in [0.5, 0.6) is 0 Å². The zero-order chi connectivity index (χ0) is 15.2. The lowest BCUT2D eigenvalue weighted by Crippen LogP contribution is -2.36. The maximum Gasteiger partial charge on any atom is 0.310 e. The summed E-state index contributed by atoms with van der Waals surface area (Å²) in [6, 6.07) is 10.2. The molecular weight excluding hydrogens is 284 g/mol. The van der Waals surface area contributed by atoms with Crippen LogP contribution in [-0.2, 0) is 14.3 Å². The molecule has 0 unspecified atom stereocenters. The van der Waals surface area contributed by atoms with E-state index in [-0.39, 0.29) is 23.2 Å². The number of carbonyl (C=O) groups is 1. The number of hydrogen-bond acceptors (Lipinski definition) is 4. The highest BCUT2D eigenvalue weighted by atomic mass is 32.2. The summed E-state index contributed by atoms with van der Waals surface area (Å²) in [5.74, 6) is -0.287. The van der Waals surface area contributed by atoms with Crippen molar-refractivity contribution in [3.63, 3.8) is 0 Å². The van der Waals surface area contributed by atoms with Crippen LogP contribution in [0.4, 0.5) is 0 Å². The summed E-state index contributed by atoms with van der Waals surface area (Å²) < 4.78 is 10.7. The first-order valence-electron chi connectivity index (χ1n) is 7.25. The molecule has 0 radical (unpaired) electrons. The van der Waals surface area contributed by atoms with Crippen LogP contribution in [0, 0.1) is 5.92 Å². The van der Waals surface area contributed by atoms with Gasteiger partial charge in [-0.2, -0.15) is 0 Å². The quantitative estimate of drug-likeness (QED) is 0.614. The van der Waals surface area contributed by atoms with Gasteiger partial charge in [-0.1, -0.05) is 29.8 Å². The normalized spacial score (nSPS) is 25.3. The van der Waals surface area contributed by atoms with Crippen LogP contribution in [-0.4, -0.2) is 31.0 Å². The Morgan fingerprint density at radius 1 is 1.33 bits per heavy atom. The second-order valence-corrected chi connectivity index (χ2v) is 6.35. The van der Waals surface area contributed by atoms with Gasteiger partial charge in [0, 0.05) is 17.3 Å². The van der Waals surface area contributed by atoms with Crippen molar-refractivity contribution in [2.24, 2.45) is 5.92 Å². The van der Waals surface area contributed by atoms with Crippen molar-refractivity contribution in [1.29, 1.82) is 0 Å². The van der Waals surface area contributed by atoms with Crippen molar-refractivity contribution in [1.82, 2.24) is 0 Å². The molecule has 4 heteroatoms.